The van der Waals surface area contributed by atoms with Crippen molar-refractivity contribution in [2.24, 2.45) is 7.05 Å². The third-order valence-corrected chi connectivity index (χ3v) is 5.08. The molecule has 1 fully saturated rings. The molecule has 1 saturated carbocycles. The number of fused-ring (bicyclic) bond motifs is 1. The molecule has 1 aromatic carbocycles. The summed E-state index contributed by atoms with van der Waals surface area (Å²) in [6, 6.07) is 7.06. The molecule has 0 bridgehead atoms. The van der Waals surface area contributed by atoms with Gasteiger partial charge in [-0.15, -0.1) is 0 Å². The van der Waals surface area contributed by atoms with Crippen LogP contribution in [0.25, 0.3) is 10.9 Å². The summed E-state index contributed by atoms with van der Waals surface area (Å²) in [5, 5.41) is 9.65. The molecule has 1 aliphatic rings. The fourth-order valence-electron chi connectivity index (χ4n) is 3.45. The molecule has 4 rings (SSSR count). The molecule has 8 heteroatoms. The Balaban J connectivity index is 1.48. The van der Waals surface area contributed by atoms with E-state index < -0.39 is 12.0 Å². The minimum atomic E-state index is -2.68. The Morgan fingerprint density at radius 2 is 2.18 bits per heavy atom. The first-order valence-electron chi connectivity index (χ1n) is 9.12. The van der Waals surface area contributed by atoms with Crippen molar-refractivity contribution < 1.29 is 13.6 Å². The Bertz CT molecular complexity index is 1040. The SMILES string of the molecule is C=CC(=O)N(CCc1nn(C)c2ccccc12)Cc1cnn(C2CC2(F)F)c1. The second-order valence-electron chi connectivity index (χ2n) is 7.11. The molecule has 0 radical (unpaired) electrons. The fourth-order valence-corrected chi connectivity index (χ4v) is 3.45. The number of nitrogens with zero attached hydrogens (tertiary/aromatic N) is 5. The molecule has 3 aromatic rings. The van der Waals surface area contributed by atoms with Crippen molar-refractivity contribution in [2.45, 2.75) is 31.4 Å². The average Bonchev–Trinajstić information content (AvgIpc) is 3.01. The van der Waals surface area contributed by atoms with Crippen LogP contribution in [0.3, 0.4) is 0 Å². The lowest BCUT2D eigenvalue weighted by atomic mass is 10.1. The molecule has 2 aromatic heterocycles. The highest BCUT2D eigenvalue weighted by Crippen LogP contribution is 2.52. The van der Waals surface area contributed by atoms with Gasteiger partial charge in [0, 0.05) is 50.1 Å². The zero-order chi connectivity index (χ0) is 19.9. The third kappa shape index (κ3) is 3.42. The van der Waals surface area contributed by atoms with Gasteiger partial charge in [0.15, 0.2) is 0 Å². The lowest BCUT2D eigenvalue weighted by Crippen LogP contribution is -2.31. The molecule has 1 atom stereocenters. The van der Waals surface area contributed by atoms with E-state index in [1.165, 1.54) is 17.0 Å². The fraction of sp³-hybridized carbons (Fsp3) is 0.350. The largest absolute Gasteiger partial charge is 0.334 e. The van der Waals surface area contributed by atoms with Crippen molar-refractivity contribution >= 4 is 16.8 Å². The molecule has 0 N–H and O–H groups in total. The highest BCUT2D eigenvalue weighted by atomic mass is 19.3. The molecule has 0 aliphatic heterocycles. The van der Waals surface area contributed by atoms with E-state index in [1.807, 2.05) is 36.0 Å². The van der Waals surface area contributed by atoms with Crippen LogP contribution >= 0.6 is 0 Å². The Labute approximate surface area is 161 Å². The maximum atomic E-state index is 13.2. The van der Waals surface area contributed by atoms with Gasteiger partial charge < -0.3 is 4.90 Å². The average molecular weight is 385 g/mol. The van der Waals surface area contributed by atoms with Crippen LogP contribution in [0, 0.1) is 0 Å². The smallest absolute Gasteiger partial charge is 0.272 e. The number of carbonyl (C=O) groups excluding carboxylic acids is 1. The van der Waals surface area contributed by atoms with Crippen LogP contribution in [0.1, 0.15) is 23.7 Å². The maximum absolute atomic E-state index is 13.2. The molecule has 146 valence electrons. The predicted octanol–water partition coefficient (Wildman–Crippen LogP) is 3.11. The van der Waals surface area contributed by atoms with Gasteiger partial charge in [0.25, 0.3) is 5.92 Å². The second-order valence-corrected chi connectivity index (χ2v) is 7.11. The molecule has 1 aliphatic carbocycles. The zero-order valence-corrected chi connectivity index (χ0v) is 15.6. The number of aromatic nitrogens is 4. The minimum absolute atomic E-state index is 0.184. The Hall–Kier alpha value is -3.03. The van der Waals surface area contributed by atoms with Crippen molar-refractivity contribution in [3.05, 3.63) is 60.6 Å². The number of amides is 1. The van der Waals surface area contributed by atoms with Crippen molar-refractivity contribution in [1.82, 2.24) is 24.5 Å². The van der Waals surface area contributed by atoms with Gasteiger partial charge in [0.1, 0.15) is 6.04 Å². The van der Waals surface area contributed by atoms with Gasteiger partial charge in [-0.3, -0.25) is 14.2 Å². The summed E-state index contributed by atoms with van der Waals surface area (Å²) in [6.07, 6.45) is 4.78. The van der Waals surface area contributed by atoms with Gasteiger partial charge in [0.05, 0.1) is 17.4 Å². The zero-order valence-electron chi connectivity index (χ0n) is 15.6. The summed E-state index contributed by atoms with van der Waals surface area (Å²) in [4.78, 5) is 13.9. The van der Waals surface area contributed by atoms with Crippen LogP contribution in [0.5, 0.6) is 0 Å². The molecule has 1 amide bonds. The lowest BCUT2D eigenvalue weighted by molar-refractivity contribution is -0.126. The van der Waals surface area contributed by atoms with E-state index in [4.69, 9.17) is 0 Å². The van der Waals surface area contributed by atoms with Gasteiger partial charge in [0.2, 0.25) is 5.91 Å². The first kappa shape index (κ1) is 18.3. The quantitative estimate of drug-likeness (QED) is 0.587. The highest BCUT2D eigenvalue weighted by Gasteiger charge is 2.59. The van der Waals surface area contributed by atoms with Crippen LogP contribution in [0.2, 0.25) is 0 Å². The van der Waals surface area contributed by atoms with E-state index >= 15 is 0 Å². The first-order valence-corrected chi connectivity index (χ1v) is 9.12. The van der Waals surface area contributed by atoms with Gasteiger partial charge in [-0.1, -0.05) is 24.8 Å². The minimum Gasteiger partial charge on any atom is -0.334 e. The number of rotatable bonds is 7. The van der Waals surface area contributed by atoms with Crippen molar-refractivity contribution in [2.75, 3.05) is 6.54 Å². The monoisotopic (exact) mass is 385 g/mol. The number of benzene rings is 1. The Morgan fingerprint density at radius 3 is 2.89 bits per heavy atom. The summed E-state index contributed by atoms with van der Waals surface area (Å²) < 4.78 is 29.6. The van der Waals surface area contributed by atoms with Crippen molar-refractivity contribution in [3.63, 3.8) is 0 Å². The normalized spacial score (nSPS) is 17.6. The standard InChI is InChI=1S/C20H21F2N5O/c1-3-19(28)26(12-14-11-23-27(13-14)18-10-20(18,21)22)9-8-16-15-6-4-5-7-17(15)25(2)24-16/h3-7,11,13,18H,1,8-10,12H2,2H3. The van der Waals surface area contributed by atoms with Gasteiger partial charge in [-0.25, -0.2) is 8.78 Å². The molecular formula is C20H21F2N5O. The first-order chi connectivity index (χ1) is 13.4. The predicted molar refractivity (Wildman–Crippen MR) is 101 cm³/mol. The summed E-state index contributed by atoms with van der Waals surface area (Å²) in [5.41, 5.74) is 2.66. The third-order valence-electron chi connectivity index (χ3n) is 5.08. The summed E-state index contributed by atoms with van der Waals surface area (Å²) >= 11 is 0. The number of halogens is 2. The van der Waals surface area contributed by atoms with Crippen LogP contribution in [-0.4, -0.2) is 42.8 Å². The summed E-state index contributed by atoms with van der Waals surface area (Å²) in [7, 11) is 1.89. The van der Waals surface area contributed by atoms with Gasteiger partial charge >= 0.3 is 0 Å². The Morgan fingerprint density at radius 1 is 1.43 bits per heavy atom. The van der Waals surface area contributed by atoms with E-state index in [1.54, 1.807) is 11.1 Å². The van der Waals surface area contributed by atoms with Crippen LogP contribution in [0.15, 0.2) is 49.3 Å². The number of carbonyl (C=O) groups is 1. The lowest BCUT2D eigenvalue weighted by Gasteiger charge is -2.20. The van der Waals surface area contributed by atoms with Crippen molar-refractivity contribution in [1.29, 1.82) is 0 Å². The number of alkyl halides is 2. The number of para-hydroxylation sites is 1. The van der Waals surface area contributed by atoms with Crippen LogP contribution < -0.4 is 0 Å². The molecule has 2 heterocycles. The van der Waals surface area contributed by atoms with Gasteiger partial charge in [-0.2, -0.15) is 10.2 Å². The van der Waals surface area contributed by atoms with Crippen LogP contribution in [0.4, 0.5) is 8.78 Å². The number of aryl methyl sites for hydroxylation is 1. The van der Waals surface area contributed by atoms with E-state index in [9.17, 15) is 13.6 Å². The summed E-state index contributed by atoms with van der Waals surface area (Å²) in [5.74, 6) is -2.90. The molecule has 0 spiro atoms. The molecule has 0 saturated heterocycles. The topological polar surface area (TPSA) is 56.0 Å². The molecule has 28 heavy (non-hydrogen) atoms. The van der Waals surface area contributed by atoms with Gasteiger partial charge in [-0.05, 0) is 12.1 Å². The molecule has 1 unspecified atom stereocenters. The Kier molecular flexibility index (Phi) is 4.49. The summed E-state index contributed by atoms with van der Waals surface area (Å²) in [6.45, 7) is 4.29. The van der Waals surface area contributed by atoms with E-state index in [2.05, 4.69) is 16.8 Å². The van der Waals surface area contributed by atoms with Crippen molar-refractivity contribution in [3.8, 4) is 0 Å². The number of hydrogen-bond donors (Lipinski definition) is 0. The van der Waals surface area contributed by atoms with Crippen LogP contribution in [-0.2, 0) is 24.8 Å². The van der Waals surface area contributed by atoms with E-state index in [0.717, 1.165) is 16.6 Å². The van der Waals surface area contributed by atoms with E-state index in [0.29, 0.717) is 18.5 Å². The maximum Gasteiger partial charge on any atom is 0.272 e. The highest BCUT2D eigenvalue weighted by molar-refractivity contribution is 5.87. The molecule has 6 nitrogen and oxygen atoms in total. The number of hydrogen-bond acceptors (Lipinski definition) is 3. The second kappa shape index (κ2) is 6.85. The van der Waals surface area contributed by atoms with E-state index in [-0.39, 0.29) is 18.9 Å². The molecular weight excluding hydrogens is 364 g/mol.